The third-order valence-electron chi connectivity index (χ3n) is 7.43. The molecule has 0 spiro atoms. The highest BCUT2D eigenvalue weighted by Crippen LogP contribution is 2.41. The molecule has 1 amide bonds. The van der Waals surface area contributed by atoms with Crippen LogP contribution in [0.5, 0.6) is 0 Å². The number of benzene rings is 2. The number of nitrogens with zero attached hydrogens (tertiary/aromatic N) is 7. The molecule has 15 heteroatoms. The fourth-order valence-corrected chi connectivity index (χ4v) is 6.33. The summed E-state index contributed by atoms with van der Waals surface area (Å²) in [6, 6.07) is 8.06. The molecular weight excluding hydrogens is 629 g/mol. The van der Waals surface area contributed by atoms with Crippen molar-refractivity contribution in [3.05, 3.63) is 52.9 Å². The minimum atomic E-state index is -4.75. The van der Waals surface area contributed by atoms with Gasteiger partial charge in [0.15, 0.2) is 10.9 Å². The molecule has 1 aliphatic heterocycles. The lowest BCUT2D eigenvalue weighted by atomic mass is 10.1. The van der Waals surface area contributed by atoms with Gasteiger partial charge in [0.25, 0.3) is 0 Å². The van der Waals surface area contributed by atoms with E-state index in [0.29, 0.717) is 35.3 Å². The normalized spacial score (nSPS) is 15.7. The zero-order valence-electron chi connectivity index (χ0n) is 25.8. The van der Waals surface area contributed by atoms with Crippen molar-refractivity contribution in [3.8, 4) is 17.3 Å². The number of carbonyl (C=O) groups is 1. The predicted molar refractivity (Wildman–Crippen MR) is 165 cm³/mol. The van der Waals surface area contributed by atoms with E-state index in [9.17, 15) is 27.6 Å². The number of hydrogen-bond donors (Lipinski definition) is 0. The minimum absolute atomic E-state index is 0.0204. The third kappa shape index (κ3) is 6.44. The Labute approximate surface area is 266 Å². The number of thiazole rings is 1. The van der Waals surface area contributed by atoms with Crippen LogP contribution in [0.1, 0.15) is 39.5 Å². The van der Waals surface area contributed by atoms with Crippen molar-refractivity contribution in [2.45, 2.75) is 59.0 Å². The topological polar surface area (TPSA) is 90.5 Å². The first kappa shape index (κ1) is 32.9. The number of fused-ring (bicyclic) bond motifs is 1. The summed E-state index contributed by atoms with van der Waals surface area (Å²) in [6.45, 7) is 8.13. The molecular formula is C31H32F5N7O2S. The summed E-state index contributed by atoms with van der Waals surface area (Å²) in [6.07, 6.45) is -5.60. The fourth-order valence-electron chi connectivity index (χ4n) is 5.38. The Morgan fingerprint density at radius 1 is 1.13 bits per heavy atom. The van der Waals surface area contributed by atoms with E-state index >= 15 is 4.39 Å². The van der Waals surface area contributed by atoms with Gasteiger partial charge in [-0.05, 0) is 71.0 Å². The molecule has 2 aromatic carbocycles. The average molecular weight is 662 g/mol. The van der Waals surface area contributed by atoms with Gasteiger partial charge in [-0.15, -0.1) is 0 Å². The van der Waals surface area contributed by atoms with Gasteiger partial charge in [-0.2, -0.15) is 23.5 Å². The van der Waals surface area contributed by atoms with Crippen LogP contribution in [0.2, 0.25) is 0 Å². The summed E-state index contributed by atoms with van der Waals surface area (Å²) in [5, 5.41) is 14.9. The molecule has 3 heterocycles. The lowest BCUT2D eigenvalue weighted by molar-refractivity contribution is -0.155. The Balaban J connectivity index is 1.58. The Hall–Kier alpha value is -4.45. The van der Waals surface area contributed by atoms with Crippen molar-refractivity contribution in [2.75, 3.05) is 36.0 Å². The van der Waals surface area contributed by atoms with Gasteiger partial charge in [0.2, 0.25) is 0 Å². The van der Waals surface area contributed by atoms with Gasteiger partial charge >= 0.3 is 12.3 Å². The summed E-state index contributed by atoms with van der Waals surface area (Å²) in [5.74, 6) is -0.861. The lowest BCUT2D eigenvalue weighted by Crippen LogP contribution is -2.60. The van der Waals surface area contributed by atoms with Crippen LogP contribution in [0.15, 0.2) is 36.4 Å². The van der Waals surface area contributed by atoms with Crippen LogP contribution in [0.3, 0.4) is 0 Å². The molecule has 0 radical (unpaired) electrons. The van der Waals surface area contributed by atoms with Gasteiger partial charge in [0.1, 0.15) is 45.4 Å². The number of aromatic nitrogens is 3. The Morgan fingerprint density at radius 2 is 1.83 bits per heavy atom. The number of hydrogen-bond acceptors (Lipinski definition) is 8. The summed E-state index contributed by atoms with van der Waals surface area (Å²) < 4.78 is 79.5. The van der Waals surface area contributed by atoms with Gasteiger partial charge in [0.05, 0.1) is 6.54 Å². The number of alkyl halides is 3. The third-order valence-corrected chi connectivity index (χ3v) is 8.42. The second kappa shape index (κ2) is 12.4. The van der Waals surface area contributed by atoms with Crippen LogP contribution in [0.4, 0.5) is 43.4 Å². The van der Waals surface area contributed by atoms with Crippen molar-refractivity contribution in [2.24, 2.45) is 0 Å². The van der Waals surface area contributed by atoms with E-state index in [2.05, 4.69) is 16.2 Å². The largest absolute Gasteiger partial charge is 0.444 e. The van der Waals surface area contributed by atoms with Crippen molar-refractivity contribution in [1.82, 2.24) is 19.7 Å². The molecule has 0 N–H and O–H groups in total. The molecule has 0 saturated carbocycles. The lowest BCUT2D eigenvalue weighted by Gasteiger charge is -2.43. The molecule has 244 valence electrons. The number of nitriles is 1. The first-order chi connectivity index (χ1) is 21.6. The van der Waals surface area contributed by atoms with E-state index in [-0.39, 0.29) is 34.6 Å². The zero-order chi connectivity index (χ0) is 33.6. The minimum Gasteiger partial charge on any atom is -0.444 e. The molecule has 0 aliphatic carbocycles. The standard InChI is InChI=1S/C31H32F5N7O2S/c1-6-41(28-38-25(23(16-37)46-28)18-8-10-19(32)11-9-18)27-21-14-20(15-22(33)26(21)39-43(27)7-2)42-13-12-40(17-24(42)31(34,35)36)29(44)45-30(3,4)5/h8-11,14-15,24H,6-7,12-13,17H2,1-5H3. The zero-order valence-corrected chi connectivity index (χ0v) is 26.6. The van der Waals surface area contributed by atoms with Gasteiger partial charge < -0.3 is 19.4 Å². The number of halogens is 5. The molecule has 4 aromatic rings. The fraction of sp³-hybridized carbons (Fsp3) is 0.419. The first-order valence-corrected chi connectivity index (χ1v) is 15.4. The quantitative estimate of drug-likeness (QED) is 0.198. The highest BCUT2D eigenvalue weighted by atomic mass is 32.1. The molecule has 1 aliphatic rings. The predicted octanol–water partition coefficient (Wildman–Crippen LogP) is 7.48. The van der Waals surface area contributed by atoms with Crippen LogP contribution < -0.4 is 9.80 Å². The number of carbonyl (C=O) groups excluding carboxylic acids is 1. The van der Waals surface area contributed by atoms with Crippen LogP contribution in [-0.4, -0.2) is 69.8 Å². The van der Waals surface area contributed by atoms with Gasteiger partial charge in [0, 0.05) is 42.8 Å². The number of rotatable bonds is 6. The van der Waals surface area contributed by atoms with Crippen LogP contribution in [0, 0.1) is 23.0 Å². The van der Waals surface area contributed by atoms with Crippen molar-refractivity contribution in [3.63, 3.8) is 0 Å². The highest BCUT2D eigenvalue weighted by molar-refractivity contribution is 7.16. The van der Waals surface area contributed by atoms with E-state index in [4.69, 9.17) is 4.74 Å². The maximum absolute atomic E-state index is 15.7. The summed E-state index contributed by atoms with van der Waals surface area (Å²) in [4.78, 5) is 21.4. The second-order valence-corrected chi connectivity index (χ2v) is 12.7. The van der Waals surface area contributed by atoms with Crippen molar-refractivity contribution < 1.29 is 31.5 Å². The molecule has 2 aromatic heterocycles. The summed E-state index contributed by atoms with van der Waals surface area (Å²) >= 11 is 1.08. The van der Waals surface area contributed by atoms with Crippen LogP contribution >= 0.6 is 11.3 Å². The molecule has 1 atom stereocenters. The van der Waals surface area contributed by atoms with Gasteiger partial charge in [-0.1, -0.05) is 11.3 Å². The number of aryl methyl sites for hydroxylation is 1. The maximum Gasteiger partial charge on any atom is 0.410 e. The van der Waals surface area contributed by atoms with E-state index in [1.807, 2.05) is 6.92 Å². The van der Waals surface area contributed by atoms with E-state index in [1.54, 1.807) is 32.6 Å². The second-order valence-electron chi connectivity index (χ2n) is 11.7. The van der Waals surface area contributed by atoms with Gasteiger partial charge in [-0.3, -0.25) is 0 Å². The molecule has 46 heavy (non-hydrogen) atoms. The SMILES string of the molecule is CCN(c1nc(-c2ccc(F)cc2)c(C#N)s1)c1c2cc(N3CCN(C(=O)OC(C)(C)C)CC3C(F)(F)F)cc(F)c2nn1CC. The molecule has 1 unspecified atom stereocenters. The average Bonchev–Trinajstić information content (AvgIpc) is 3.59. The highest BCUT2D eigenvalue weighted by Gasteiger charge is 2.48. The van der Waals surface area contributed by atoms with E-state index < -0.39 is 42.1 Å². The smallest absolute Gasteiger partial charge is 0.410 e. The van der Waals surface area contributed by atoms with Crippen LogP contribution in [-0.2, 0) is 11.3 Å². The number of piperazine rings is 1. The maximum atomic E-state index is 15.7. The Morgan fingerprint density at radius 3 is 2.41 bits per heavy atom. The summed E-state index contributed by atoms with van der Waals surface area (Å²) in [5.41, 5.74) is -0.0702. The van der Waals surface area contributed by atoms with Crippen molar-refractivity contribution >= 4 is 45.0 Å². The van der Waals surface area contributed by atoms with Crippen molar-refractivity contribution in [1.29, 1.82) is 5.26 Å². The number of amides is 1. The summed E-state index contributed by atoms with van der Waals surface area (Å²) in [7, 11) is 0. The Kier molecular flexibility index (Phi) is 8.87. The molecule has 9 nitrogen and oxygen atoms in total. The molecule has 5 rings (SSSR count). The first-order valence-electron chi connectivity index (χ1n) is 14.6. The monoisotopic (exact) mass is 661 g/mol. The van der Waals surface area contributed by atoms with Gasteiger partial charge in [-0.25, -0.2) is 23.2 Å². The Bertz CT molecular complexity index is 1790. The number of anilines is 3. The van der Waals surface area contributed by atoms with E-state index in [1.165, 1.54) is 35.0 Å². The van der Waals surface area contributed by atoms with Crippen LogP contribution in [0.25, 0.3) is 22.2 Å². The number of ether oxygens (including phenoxy) is 1. The molecule has 1 saturated heterocycles. The molecule has 1 fully saturated rings. The van der Waals surface area contributed by atoms with E-state index in [0.717, 1.165) is 27.2 Å². The molecule has 0 bridgehead atoms.